The van der Waals surface area contributed by atoms with Gasteiger partial charge in [0.2, 0.25) is 5.75 Å². The number of carbonyl (C=O) groups is 1. The fourth-order valence-corrected chi connectivity index (χ4v) is 3.88. The monoisotopic (exact) mass is 429 g/mol. The molecule has 1 aromatic heterocycles. The van der Waals surface area contributed by atoms with E-state index in [-0.39, 0.29) is 12.2 Å². The normalized spacial score (nSPS) is 10.9. The van der Waals surface area contributed by atoms with Crippen molar-refractivity contribution >= 4 is 29.5 Å². The second kappa shape index (κ2) is 9.41. The molecule has 0 spiro atoms. The van der Waals surface area contributed by atoms with E-state index >= 15 is 0 Å². The Labute approximate surface area is 177 Å². The van der Waals surface area contributed by atoms with Gasteiger partial charge >= 0.3 is 5.97 Å². The number of halogens is 1. The maximum absolute atomic E-state index is 13.3. The van der Waals surface area contributed by atoms with Gasteiger partial charge in [0, 0.05) is 10.4 Å². The molecule has 0 aliphatic carbocycles. The number of ether oxygens (including phenoxy) is 3. The lowest BCUT2D eigenvalue weighted by Gasteiger charge is -2.12. The largest absolute Gasteiger partial charge is 0.493 e. The molecule has 0 fully saturated rings. The van der Waals surface area contributed by atoms with Crippen LogP contribution in [-0.4, -0.2) is 37.4 Å². The van der Waals surface area contributed by atoms with Gasteiger partial charge in [-0.3, -0.25) is 4.79 Å². The van der Waals surface area contributed by atoms with Gasteiger partial charge in [0.15, 0.2) is 11.5 Å². The van der Waals surface area contributed by atoms with Gasteiger partial charge in [0.25, 0.3) is 0 Å². The van der Waals surface area contributed by atoms with Gasteiger partial charge in [-0.1, -0.05) is 6.08 Å². The van der Waals surface area contributed by atoms with Crippen molar-refractivity contribution < 1.29 is 28.5 Å². The van der Waals surface area contributed by atoms with E-state index in [1.54, 1.807) is 44.6 Å². The van der Waals surface area contributed by atoms with Crippen molar-refractivity contribution in [2.75, 3.05) is 21.3 Å². The Hall–Kier alpha value is -3.39. The van der Waals surface area contributed by atoms with E-state index in [1.165, 1.54) is 30.6 Å². The SMILES string of the molecule is COc1cc(/C=C/c2nc(-c3ccc(F)cc3)c(CC(=O)O)s2)cc(OC)c1OC. The first-order valence-corrected chi connectivity index (χ1v) is 9.72. The van der Waals surface area contributed by atoms with Crippen LogP contribution in [0.25, 0.3) is 23.4 Å². The third-order valence-electron chi connectivity index (χ3n) is 4.25. The van der Waals surface area contributed by atoms with Crippen molar-refractivity contribution in [1.82, 2.24) is 4.98 Å². The van der Waals surface area contributed by atoms with E-state index < -0.39 is 5.97 Å². The van der Waals surface area contributed by atoms with Gasteiger partial charge in [-0.25, -0.2) is 9.37 Å². The molecule has 0 amide bonds. The number of nitrogens with zero attached hydrogens (tertiary/aromatic N) is 1. The van der Waals surface area contributed by atoms with Crippen LogP contribution in [-0.2, 0) is 11.2 Å². The van der Waals surface area contributed by atoms with E-state index in [2.05, 4.69) is 4.98 Å². The minimum absolute atomic E-state index is 0.164. The summed E-state index contributed by atoms with van der Waals surface area (Å²) in [6.07, 6.45) is 3.44. The molecule has 0 aliphatic heterocycles. The van der Waals surface area contributed by atoms with Crippen molar-refractivity contribution in [1.29, 1.82) is 0 Å². The fourth-order valence-electron chi connectivity index (χ4n) is 2.90. The second-order valence-corrected chi connectivity index (χ2v) is 7.31. The number of carboxylic acid groups (broad SMARTS) is 1. The number of aliphatic carboxylic acids is 1. The first-order chi connectivity index (χ1) is 14.4. The molecular formula is C22H20FNO5S. The highest BCUT2D eigenvalue weighted by Gasteiger charge is 2.16. The van der Waals surface area contributed by atoms with E-state index in [0.717, 1.165) is 5.56 Å². The minimum atomic E-state index is -0.956. The summed E-state index contributed by atoms with van der Waals surface area (Å²) >= 11 is 1.27. The van der Waals surface area contributed by atoms with Crippen LogP contribution in [0.4, 0.5) is 4.39 Å². The van der Waals surface area contributed by atoms with Crippen molar-refractivity contribution in [2.24, 2.45) is 0 Å². The Morgan fingerprint density at radius 3 is 2.23 bits per heavy atom. The summed E-state index contributed by atoms with van der Waals surface area (Å²) in [6, 6.07) is 9.41. The number of carboxylic acids is 1. The highest BCUT2D eigenvalue weighted by molar-refractivity contribution is 7.13. The zero-order chi connectivity index (χ0) is 21.7. The molecular weight excluding hydrogens is 409 g/mol. The number of hydrogen-bond acceptors (Lipinski definition) is 6. The van der Waals surface area contributed by atoms with Gasteiger partial charge in [-0.2, -0.15) is 0 Å². The van der Waals surface area contributed by atoms with Gasteiger partial charge < -0.3 is 19.3 Å². The Bertz CT molecular complexity index is 1050. The average Bonchev–Trinajstić information content (AvgIpc) is 3.13. The molecule has 1 heterocycles. The molecule has 156 valence electrons. The molecule has 0 saturated heterocycles. The lowest BCUT2D eigenvalue weighted by molar-refractivity contribution is -0.136. The summed E-state index contributed by atoms with van der Waals surface area (Å²) in [5, 5.41) is 9.85. The number of aromatic nitrogens is 1. The molecule has 0 bridgehead atoms. The third kappa shape index (κ3) is 4.77. The van der Waals surface area contributed by atoms with E-state index in [4.69, 9.17) is 14.2 Å². The van der Waals surface area contributed by atoms with Gasteiger partial charge in [-0.15, -0.1) is 11.3 Å². The quantitative estimate of drug-likeness (QED) is 0.556. The molecule has 0 unspecified atom stereocenters. The number of hydrogen-bond donors (Lipinski definition) is 1. The first-order valence-electron chi connectivity index (χ1n) is 8.90. The lowest BCUT2D eigenvalue weighted by atomic mass is 10.1. The Morgan fingerprint density at radius 2 is 1.70 bits per heavy atom. The van der Waals surface area contributed by atoms with Crippen LogP contribution in [0, 0.1) is 5.82 Å². The van der Waals surface area contributed by atoms with Crippen molar-refractivity contribution in [3.05, 3.63) is 57.7 Å². The Morgan fingerprint density at radius 1 is 1.07 bits per heavy atom. The predicted octanol–water partition coefficient (Wildman–Crippen LogP) is 4.77. The van der Waals surface area contributed by atoms with Crippen LogP contribution < -0.4 is 14.2 Å². The second-order valence-electron chi connectivity index (χ2n) is 6.19. The smallest absolute Gasteiger partial charge is 0.308 e. The number of thiazole rings is 1. The van der Waals surface area contributed by atoms with Crippen LogP contribution in [0.1, 0.15) is 15.4 Å². The van der Waals surface area contributed by atoms with E-state index in [9.17, 15) is 14.3 Å². The van der Waals surface area contributed by atoms with Crippen LogP contribution >= 0.6 is 11.3 Å². The molecule has 0 aliphatic rings. The Kier molecular flexibility index (Phi) is 6.68. The fraction of sp³-hybridized carbons (Fsp3) is 0.182. The number of benzene rings is 2. The molecule has 8 heteroatoms. The highest BCUT2D eigenvalue weighted by atomic mass is 32.1. The van der Waals surface area contributed by atoms with Crippen LogP contribution in [0.15, 0.2) is 36.4 Å². The summed E-state index contributed by atoms with van der Waals surface area (Å²) < 4.78 is 29.3. The van der Waals surface area contributed by atoms with Crippen LogP contribution in [0.2, 0.25) is 0 Å². The van der Waals surface area contributed by atoms with Gasteiger partial charge in [0.1, 0.15) is 10.8 Å². The standard InChI is InChI=1S/C22H20FNO5S/c1-27-16-10-13(11-17(28-2)22(16)29-3)4-9-19-24-21(18(30-19)12-20(25)26)14-5-7-15(23)8-6-14/h4-11H,12H2,1-3H3,(H,25,26)/b9-4+. The molecule has 0 atom stereocenters. The Balaban J connectivity index is 1.97. The zero-order valence-corrected chi connectivity index (χ0v) is 17.5. The topological polar surface area (TPSA) is 77.9 Å². The molecule has 1 N–H and O–H groups in total. The van der Waals surface area contributed by atoms with Gasteiger partial charge in [0.05, 0.1) is 33.4 Å². The summed E-state index contributed by atoms with van der Waals surface area (Å²) in [5.41, 5.74) is 1.99. The summed E-state index contributed by atoms with van der Waals surface area (Å²) in [6.45, 7) is 0. The van der Waals surface area contributed by atoms with Crippen LogP contribution in [0.5, 0.6) is 17.2 Å². The van der Waals surface area contributed by atoms with E-state index in [1.807, 2.05) is 6.08 Å². The van der Waals surface area contributed by atoms with Gasteiger partial charge in [-0.05, 0) is 48.0 Å². The first kappa shape index (κ1) is 21.3. The summed E-state index contributed by atoms with van der Waals surface area (Å²) in [5.74, 6) is 0.218. The maximum atomic E-state index is 13.3. The van der Waals surface area contributed by atoms with E-state index in [0.29, 0.717) is 38.4 Å². The average molecular weight is 429 g/mol. The van der Waals surface area contributed by atoms with Crippen molar-refractivity contribution in [3.8, 4) is 28.5 Å². The molecule has 2 aromatic carbocycles. The maximum Gasteiger partial charge on any atom is 0.308 e. The molecule has 3 rings (SSSR count). The predicted molar refractivity (Wildman–Crippen MR) is 114 cm³/mol. The van der Waals surface area contributed by atoms with Crippen molar-refractivity contribution in [2.45, 2.75) is 6.42 Å². The molecule has 3 aromatic rings. The molecule has 6 nitrogen and oxygen atoms in total. The third-order valence-corrected chi connectivity index (χ3v) is 5.27. The number of rotatable bonds is 8. The summed E-state index contributed by atoms with van der Waals surface area (Å²) in [4.78, 5) is 16.4. The van der Waals surface area contributed by atoms with Crippen LogP contribution in [0.3, 0.4) is 0 Å². The minimum Gasteiger partial charge on any atom is -0.493 e. The molecule has 30 heavy (non-hydrogen) atoms. The zero-order valence-electron chi connectivity index (χ0n) is 16.6. The summed E-state index contributed by atoms with van der Waals surface area (Å²) in [7, 11) is 4.62. The number of methoxy groups -OCH3 is 3. The molecule has 0 saturated carbocycles. The van der Waals surface area contributed by atoms with Crippen molar-refractivity contribution in [3.63, 3.8) is 0 Å². The molecule has 0 radical (unpaired) electrons. The highest BCUT2D eigenvalue weighted by Crippen LogP contribution is 2.39. The lowest BCUT2D eigenvalue weighted by Crippen LogP contribution is -1.99.